The summed E-state index contributed by atoms with van der Waals surface area (Å²) < 4.78 is 16.5. The fraction of sp³-hybridized carbons (Fsp3) is 0.250. The summed E-state index contributed by atoms with van der Waals surface area (Å²) in [6, 6.07) is 20.8. The van der Waals surface area contributed by atoms with Gasteiger partial charge in [0.15, 0.2) is 11.3 Å². The fourth-order valence-corrected chi connectivity index (χ4v) is 4.50. The summed E-state index contributed by atoms with van der Waals surface area (Å²) in [7, 11) is 1.52. The number of hydrogen-bond acceptors (Lipinski definition) is 7. The Morgan fingerprint density at radius 2 is 1.95 bits per heavy atom. The lowest BCUT2D eigenvalue weighted by molar-refractivity contribution is 0.0727. The lowest BCUT2D eigenvalue weighted by atomic mass is 10.1. The Kier molecular flexibility index (Phi) is 7.65. The highest BCUT2D eigenvalue weighted by Crippen LogP contribution is 2.31. The maximum absolute atomic E-state index is 13.7. The van der Waals surface area contributed by atoms with Gasteiger partial charge in [0.25, 0.3) is 11.9 Å². The van der Waals surface area contributed by atoms with Gasteiger partial charge in [-0.05, 0) is 35.4 Å². The number of fused-ring (bicyclic) bond motifs is 1. The Morgan fingerprint density at radius 1 is 1.13 bits per heavy atom. The number of methoxy groups -OCH3 is 1. The molecule has 0 saturated carbocycles. The molecule has 0 bridgehead atoms. The molecule has 0 aliphatic carbocycles. The van der Waals surface area contributed by atoms with E-state index in [-0.39, 0.29) is 12.0 Å². The molecule has 1 aliphatic rings. The van der Waals surface area contributed by atoms with E-state index in [1.165, 1.54) is 7.11 Å². The van der Waals surface area contributed by atoms with E-state index in [2.05, 4.69) is 10.3 Å². The lowest BCUT2D eigenvalue weighted by Crippen LogP contribution is -2.38. The Bertz CT molecular complexity index is 1440. The zero-order valence-electron chi connectivity index (χ0n) is 20.9. The van der Waals surface area contributed by atoms with Gasteiger partial charge in [0.05, 0.1) is 13.7 Å². The Labute approximate surface area is 224 Å². The predicted molar refractivity (Wildman–Crippen MR) is 143 cm³/mol. The van der Waals surface area contributed by atoms with Gasteiger partial charge in [-0.25, -0.2) is 4.79 Å². The monoisotopic (exact) mass is 534 g/mol. The SMILES string of the molecule is COc1cc(C(=O)N(CCN2CCOC2=O)Cc2ccccc2)cc2nc(NCc3cccc(Cl)c3)oc12. The highest BCUT2D eigenvalue weighted by molar-refractivity contribution is 6.30. The van der Waals surface area contributed by atoms with Crippen molar-refractivity contribution in [2.75, 3.05) is 38.7 Å². The van der Waals surface area contributed by atoms with Crippen molar-refractivity contribution in [2.24, 2.45) is 0 Å². The van der Waals surface area contributed by atoms with Crippen LogP contribution in [0.1, 0.15) is 21.5 Å². The first-order valence-electron chi connectivity index (χ1n) is 12.2. The third-order valence-corrected chi connectivity index (χ3v) is 6.48. The molecule has 9 nitrogen and oxygen atoms in total. The number of cyclic esters (lactones) is 1. The van der Waals surface area contributed by atoms with Gasteiger partial charge in [0.1, 0.15) is 12.1 Å². The number of aromatic nitrogens is 1. The maximum Gasteiger partial charge on any atom is 0.409 e. The number of halogens is 1. The van der Waals surface area contributed by atoms with Gasteiger partial charge in [-0.3, -0.25) is 4.79 Å². The fourth-order valence-electron chi connectivity index (χ4n) is 4.29. The molecule has 0 atom stereocenters. The van der Waals surface area contributed by atoms with E-state index in [1.54, 1.807) is 21.9 Å². The highest BCUT2D eigenvalue weighted by atomic mass is 35.5. The molecule has 5 rings (SSSR count). The van der Waals surface area contributed by atoms with Crippen LogP contribution in [0.15, 0.2) is 71.1 Å². The van der Waals surface area contributed by atoms with Crippen molar-refractivity contribution in [1.29, 1.82) is 0 Å². The first kappa shape index (κ1) is 25.4. The topological polar surface area (TPSA) is 97.1 Å². The molecule has 0 unspecified atom stereocenters. The average molecular weight is 535 g/mol. The zero-order chi connectivity index (χ0) is 26.5. The predicted octanol–water partition coefficient (Wildman–Crippen LogP) is 5.20. The van der Waals surface area contributed by atoms with Crippen LogP contribution in [-0.4, -0.2) is 60.1 Å². The van der Waals surface area contributed by atoms with Crippen molar-refractivity contribution < 1.29 is 23.5 Å². The number of carbonyl (C=O) groups is 2. The molecule has 0 radical (unpaired) electrons. The number of amides is 2. The highest BCUT2D eigenvalue weighted by Gasteiger charge is 2.25. The number of benzene rings is 3. The third kappa shape index (κ3) is 5.84. The van der Waals surface area contributed by atoms with Crippen LogP contribution in [0.25, 0.3) is 11.1 Å². The second-order valence-corrected chi connectivity index (χ2v) is 9.28. The molecule has 38 heavy (non-hydrogen) atoms. The van der Waals surface area contributed by atoms with Gasteiger partial charge >= 0.3 is 6.09 Å². The van der Waals surface area contributed by atoms with Crippen LogP contribution in [0.3, 0.4) is 0 Å². The molecule has 2 heterocycles. The molecule has 196 valence electrons. The largest absolute Gasteiger partial charge is 0.493 e. The summed E-state index contributed by atoms with van der Waals surface area (Å²) in [4.78, 5) is 33.5. The van der Waals surface area contributed by atoms with Gasteiger partial charge in [-0.1, -0.05) is 54.1 Å². The summed E-state index contributed by atoms with van der Waals surface area (Å²) in [5.74, 6) is 0.190. The minimum atomic E-state index is -0.361. The smallest absolute Gasteiger partial charge is 0.409 e. The van der Waals surface area contributed by atoms with E-state index in [9.17, 15) is 9.59 Å². The summed E-state index contributed by atoms with van der Waals surface area (Å²) in [6.07, 6.45) is -0.361. The molecule has 2 amide bonds. The van der Waals surface area contributed by atoms with Crippen LogP contribution in [0.5, 0.6) is 5.75 Å². The number of ether oxygens (including phenoxy) is 2. The molecule has 4 aromatic rings. The molecular formula is C28H27ClN4O5. The number of oxazole rings is 1. The normalized spacial score (nSPS) is 13.0. The van der Waals surface area contributed by atoms with Crippen molar-refractivity contribution >= 4 is 40.7 Å². The quantitative estimate of drug-likeness (QED) is 0.299. The molecule has 1 fully saturated rings. The molecule has 1 aliphatic heterocycles. The van der Waals surface area contributed by atoms with Gasteiger partial charge in [0.2, 0.25) is 0 Å². The van der Waals surface area contributed by atoms with Gasteiger partial charge in [-0.2, -0.15) is 4.98 Å². The number of carbonyl (C=O) groups excluding carboxylic acids is 2. The molecule has 1 saturated heterocycles. The summed E-state index contributed by atoms with van der Waals surface area (Å²) in [6.45, 7) is 2.43. The number of nitrogens with zero attached hydrogens (tertiary/aromatic N) is 3. The van der Waals surface area contributed by atoms with Crippen LogP contribution >= 0.6 is 11.6 Å². The number of rotatable bonds is 10. The van der Waals surface area contributed by atoms with Crippen LogP contribution in [-0.2, 0) is 17.8 Å². The molecule has 3 aromatic carbocycles. The van der Waals surface area contributed by atoms with Crippen molar-refractivity contribution in [3.8, 4) is 5.75 Å². The molecule has 0 spiro atoms. The first-order chi connectivity index (χ1) is 18.5. The van der Waals surface area contributed by atoms with Gasteiger partial charge < -0.3 is 29.0 Å². The molecule has 1 aromatic heterocycles. The Morgan fingerprint density at radius 3 is 2.68 bits per heavy atom. The number of anilines is 1. The van der Waals surface area contributed by atoms with Gasteiger partial charge in [0, 0.05) is 36.8 Å². The minimum absolute atomic E-state index is 0.210. The maximum atomic E-state index is 13.7. The summed E-state index contributed by atoms with van der Waals surface area (Å²) in [5, 5.41) is 3.80. The minimum Gasteiger partial charge on any atom is -0.493 e. The Hall–Kier alpha value is -4.24. The third-order valence-electron chi connectivity index (χ3n) is 6.24. The Balaban J connectivity index is 1.38. The number of hydrogen-bond donors (Lipinski definition) is 1. The zero-order valence-corrected chi connectivity index (χ0v) is 21.6. The van der Waals surface area contributed by atoms with E-state index in [0.29, 0.717) is 72.8 Å². The van der Waals surface area contributed by atoms with Crippen molar-refractivity contribution in [3.63, 3.8) is 0 Å². The van der Waals surface area contributed by atoms with E-state index in [0.717, 1.165) is 11.1 Å². The van der Waals surface area contributed by atoms with Crippen molar-refractivity contribution in [3.05, 3.63) is 88.4 Å². The average Bonchev–Trinajstić information content (AvgIpc) is 3.54. The second-order valence-electron chi connectivity index (χ2n) is 8.84. The van der Waals surface area contributed by atoms with Crippen LogP contribution in [0.2, 0.25) is 5.02 Å². The van der Waals surface area contributed by atoms with E-state index >= 15 is 0 Å². The first-order valence-corrected chi connectivity index (χ1v) is 12.6. The van der Waals surface area contributed by atoms with Crippen molar-refractivity contribution in [2.45, 2.75) is 13.1 Å². The molecule has 1 N–H and O–H groups in total. The van der Waals surface area contributed by atoms with E-state index in [4.69, 9.17) is 25.5 Å². The summed E-state index contributed by atoms with van der Waals surface area (Å²) in [5.41, 5.74) is 3.29. The van der Waals surface area contributed by atoms with Crippen molar-refractivity contribution in [1.82, 2.24) is 14.8 Å². The second kappa shape index (κ2) is 11.4. The van der Waals surface area contributed by atoms with E-state index < -0.39 is 0 Å². The standard InChI is InChI=1S/C28H27ClN4O5/c1-36-24-16-21(15-23-25(24)38-27(31-23)30-17-20-8-5-9-22(29)14-20)26(34)33(18-19-6-3-2-4-7-19)11-10-32-12-13-37-28(32)35/h2-9,14-16H,10-13,17-18H2,1H3,(H,30,31). The van der Waals surface area contributed by atoms with Crippen LogP contribution in [0, 0.1) is 0 Å². The van der Waals surface area contributed by atoms with Crippen LogP contribution in [0.4, 0.5) is 10.8 Å². The van der Waals surface area contributed by atoms with Gasteiger partial charge in [-0.15, -0.1) is 0 Å². The van der Waals surface area contributed by atoms with E-state index in [1.807, 2.05) is 54.6 Å². The number of nitrogens with one attached hydrogen (secondary N) is 1. The molecular weight excluding hydrogens is 508 g/mol. The summed E-state index contributed by atoms with van der Waals surface area (Å²) >= 11 is 6.08. The van der Waals surface area contributed by atoms with Crippen LogP contribution < -0.4 is 10.1 Å². The lowest BCUT2D eigenvalue weighted by Gasteiger charge is -2.25. The molecule has 10 heteroatoms.